The summed E-state index contributed by atoms with van der Waals surface area (Å²) in [6, 6.07) is 5.89. The molecule has 2 aromatic heterocycles. The van der Waals surface area contributed by atoms with Gasteiger partial charge in [0.1, 0.15) is 0 Å². The van der Waals surface area contributed by atoms with Gasteiger partial charge in [0, 0.05) is 23.4 Å². The molecule has 2 heterocycles. The molecule has 0 spiro atoms. The Morgan fingerprint density at radius 2 is 2.20 bits per heavy atom. The molecule has 20 heavy (non-hydrogen) atoms. The standard InChI is InChI=1S/C15H20N2O2S/c1-10(2)7-12-9-14(19-17-12)15(18)16-11(3)8-13-5-4-6-20-13/h4-6,9-11H,7-8H2,1-3H3,(H,16,18)/t11-/m0/s1. The van der Waals surface area contributed by atoms with Crippen molar-refractivity contribution >= 4 is 17.2 Å². The molecule has 0 aliphatic carbocycles. The van der Waals surface area contributed by atoms with Crippen molar-refractivity contribution in [3.8, 4) is 0 Å². The highest BCUT2D eigenvalue weighted by Crippen LogP contribution is 2.12. The summed E-state index contributed by atoms with van der Waals surface area (Å²) in [5.74, 6) is 0.587. The lowest BCUT2D eigenvalue weighted by Crippen LogP contribution is -2.33. The maximum Gasteiger partial charge on any atom is 0.290 e. The van der Waals surface area contributed by atoms with Crippen LogP contribution in [0.4, 0.5) is 0 Å². The summed E-state index contributed by atoms with van der Waals surface area (Å²) in [7, 11) is 0. The molecule has 108 valence electrons. The van der Waals surface area contributed by atoms with Crippen LogP contribution in [0.15, 0.2) is 28.1 Å². The van der Waals surface area contributed by atoms with Gasteiger partial charge in [0.15, 0.2) is 0 Å². The fourth-order valence-corrected chi connectivity index (χ4v) is 2.85. The Labute approximate surface area is 123 Å². The van der Waals surface area contributed by atoms with Crippen molar-refractivity contribution in [2.24, 2.45) is 5.92 Å². The van der Waals surface area contributed by atoms with Gasteiger partial charge in [0.25, 0.3) is 5.91 Å². The highest BCUT2D eigenvalue weighted by Gasteiger charge is 2.16. The fraction of sp³-hybridized carbons (Fsp3) is 0.467. The summed E-state index contributed by atoms with van der Waals surface area (Å²) < 4.78 is 5.10. The zero-order valence-electron chi connectivity index (χ0n) is 12.1. The molecule has 0 aliphatic heterocycles. The van der Waals surface area contributed by atoms with E-state index in [2.05, 4.69) is 30.4 Å². The van der Waals surface area contributed by atoms with Crippen LogP contribution in [0.1, 0.15) is 41.9 Å². The summed E-state index contributed by atoms with van der Waals surface area (Å²) in [6.45, 7) is 6.21. The first-order chi connectivity index (χ1) is 9.54. The fourth-order valence-electron chi connectivity index (χ4n) is 2.01. The van der Waals surface area contributed by atoms with Crippen molar-refractivity contribution < 1.29 is 9.32 Å². The number of aromatic nitrogens is 1. The largest absolute Gasteiger partial charge is 0.351 e. The number of amides is 1. The highest BCUT2D eigenvalue weighted by molar-refractivity contribution is 7.09. The van der Waals surface area contributed by atoms with E-state index in [4.69, 9.17) is 4.52 Å². The van der Waals surface area contributed by atoms with E-state index in [1.54, 1.807) is 17.4 Å². The van der Waals surface area contributed by atoms with Gasteiger partial charge >= 0.3 is 0 Å². The first kappa shape index (κ1) is 14.8. The highest BCUT2D eigenvalue weighted by atomic mass is 32.1. The van der Waals surface area contributed by atoms with Crippen molar-refractivity contribution in [3.63, 3.8) is 0 Å². The molecule has 0 saturated carbocycles. The number of hydrogen-bond acceptors (Lipinski definition) is 4. The Hall–Kier alpha value is -1.62. The lowest BCUT2D eigenvalue weighted by Gasteiger charge is -2.11. The van der Waals surface area contributed by atoms with Gasteiger partial charge in [-0.15, -0.1) is 11.3 Å². The van der Waals surface area contributed by atoms with Gasteiger partial charge < -0.3 is 9.84 Å². The number of carbonyl (C=O) groups is 1. The molecule has 0 saturated heterocycles. The van der Waals surface area contributed by atoms with Gasteiger partial charge in [-0.05, 0) is 30.7 Å². The summed E-state index contributed by atoms with van der Waals surface area (Å²) >= 11 is 1.70. The third kappa shape index (κ3) is 4.20. The third-order valence-corrected chi connectivity index (χ3v) is 3.76. The Balaban J connectivity index is 1.89. The number of nitrogens with one attached hydrogen (secondary N) is 1. The first-order valence-electron chi connectivity index (χ1n) is 6.83. The summed E-state index contributed by atoms with van der Waals surface area (Å²) in [5.41, 5.74) is 0.830. The Kier molecular flexibility index (Phi) is 4.95. The minimum Gasteiger partial charge on any atom is -0.351 e. The van der Waals surface area contributed by atoms with Crippen LogP contribution in [-0.4, -0.2) is 17.1 Å². The molecule has 0 aliphatic rings. The van der Waals surface area contributed by atoms with Crippen LogP contribution in [0.3, 0.4) is 0 Å². The van der Waals surface area contributed by atoms with Gasteiger partial charge in [0.05, 0.1) is 5.69 Å². The third-order valence-electron chi connectivity index (χ3n) is 2.87. The van der Waals surface area contributed by atoms with E-state index < -0.39 is 0 Å². The van der Waals surface area contributed by atoms with Crippen LogP contribution < -0.4 is 5.32 Å². The summed E-state index contributed by atoms with van der Waals surface area (Å²) in [6.07, 6.45) is 1.65. The minimum atomic E-state index is -0.198. The zero-order valence-corrected chi connectivity index (χ0v) is 12.9. The maximum absolute atomic E-state index is 12.0. The molecule has 2 rings (SSSR count). The quantitative estimate of drug-likeness (QED) is 0.888. The molecular weight excluding hydrogens is 272 g/mol. The molecule has 0 unspecified atom stereocenters. The molecule has 1 atom stereocenters. The van der Waals surface area contributed by atoms with Crippen LogP contribution in [-0.2, 0) is 12.8 Å². The predicted octanol–water partition coefficient (Wildman–Crippen LogP) is 3.30. The van der Waals surface area contributed by atoms with Crippen LogP contribution in [0.2, 0.25) is 0 Å². The van der Waals surface area contributed by atoms with Gasteiger partial charge in [-0.2, -0.15) is 0 Å². The second-order valence-electron chi connectivity index (χ2n) is 5.44. The molecule has 5 heteroatoms. The average molecular weight is 292 g/mol. The molecule has 1 amide bonds. The second-order valence-corrected chi connectivity index (χ2v) is 6.47. The van der Waals surface area contributed by atoms with Crippen LogP contribution >= 0.6 is 11.3 Å². The van der Waals surface area contributed by atoms with Crippen molar-refractivity contribution in [1.29, 1.82) is 0 Å². The van der Waals surface area contributed by atoms with Crippen molar-refractivity contribution in [1.82, 2.24) is 10.5 Å². The van der Waals surface area contributed by atoms with Crippen LogP contribution in [0, 0.1) is 5.92 Å². The minimum absolute atomic E-state index is 0.0693. The topological polar surface area (TPSA) is 55.1 Å². The monoisotopic (exact) mass is 292 g/mol. The Morgan fingerprint density at radius 1 is 1.40 bits per heavy atom. The van der Waals surface area contributed by atoms with E-state index in [0.717, 1.165) is 18.5 Å². The van der Waals surface area contributed by atoms with Crippen LogP contribution in [0.25, 0.3) is 0 Å². The van der Waals surface area contributed by atoms with Gasteiger partial charge in [-0.1, -0.05) is 25.1 Å². The normalized spacial score (nSPS) is 12.6. The molecular formula is C15H20N2O2S. The van der Waals surface area contributed by atoms with Crippen molar-refractivity contribution in [2.75, 3.05) is 0 Å². The Bertz CT molecular complexity index is 546. The second kappa shape index (κ2) is 6.70. The molecule has 0 radical (unpaired) electrons. The molecule has 4 nitrogen and oxygen atoms in total. The SMILES string of the molecule is CC(C)Cc1cc(C(=O)N[C@@H](C)Cc2cccs2)on1. The number of carbonyl (C=O) groups excluding carboxylic acids is 1. The van der Waals surface area contributed by atoms with E-state index in [1.165, 1.54) is 4.88 Å². The average Bonchev–Trinajstić information content (AvgIpc) is 2.99. The zero-order chi connectivity index (χ0) is 14.5. The van der Waals surface area contributed by atoms with Crippen molar-refractivity contribution in [2.45, 2.75) is 39.7 Å². The lowest BCUT2D eigenvalue weighted by molar-refractivity contribution is 0.0903. The van der Waals surface area contributed by atoms with E-state index in [1.807, 2.05) is 18.4 Å². The van der Waals surface area contributed by atoms with E-state index >= 15 is 0 Å². The molecule has 0 aromatic carbocycles. The molecule has 0 fully saturated rings. The van der Waals surface area contributed by atoms with Crippen LogP contribution in [0.5, 0.6) is 0 Å². The van der Waals surface area contributed by atoms with E-state index in [-0.39, 0.29) is 11.9 Å². The molecule has 0 bridgehead atoms. The number of thiophene rings is 1. The Morgan fingerprint density at radius 3 is 2.85 bits per heavy atom. The molecule has 2 aromatic rings. The summed E-state index contributed by atoms with van der Waals surface area (Å²) in [4.78, 5) is 13.3. The lowest BCUT2D eigenvalue weighted by atomic mass is 10.1. The maximum atomic E-state index is 12.0. The van der Waals surface area contributed by atoms with Gasteiger partial charge in [0.2, 0.25) is 5.76 Å². The number of nitrogens with zero attached hydrogens (tertiary/aromatic N) is 1. The van der Waals surface area contributed by atoms with Gasteiger partial charge in [-0.3, -0.25) is 4.79 Å². The smallest absolute Gasteiger partial charge is 0.290 e. The molecule has 1 N–H and O–H groups in total. The predicted molar refractivity (Wildman–Crippen MR) is 80.0 cm³/mol. The summed E-state index contributed by atoms with van der Waals surface area (Å²) in [5, 5.41) is 8.90. The number of rotatable bonds is 6. The van der Waals surface area contributed by atoms with E-state index in [0.29, 0.717) is 11.7 Å². The number of hydrogen-bond donors (Lipinski definition) is 1. The first-order valence-corrected chi connectivity index (χ1v) is 7.71. The van der Waals surface area contributed by atoms with Gasteiger partial charge in [-0.25, -0.2) is 0 Å². The van der Waals surface area contributed by atoms with E-state index in [9.17, 15) is 4.79 Å². The van der Waals surface area contributed by atoms with Crippen molar-refractivity contribution in [3.05, 3.63) is 39.9 Å².